The number of ketones is 1. The topological polar surface area (TPSA) is 45.3 Å². The second-order valence-electron chi connectivity index (χ2n) is 6.17. The van der Waals surface area contributed by atoms with Gasteiger partial charge in [0.05, 0.1) is 13.2 Å². The number of methoxy groups -OCH3 is 1. The van der Waals surface area contributed by atoms with Crippen molar-refractivity contribution in [1.29, 1.82) is 0 Å². The number of carbonyl (C=O) groups is 1. The number of hydrogen-bond acceptors (Lipinski definition) is 3. The molecule has 0 spiro atoms. The predicted octanol–water partition coefficient (Wildman–Crippen LogP) is 4.02. The Balaban J connectivity index is 1.76. The molecule has 4 nitrogen and oxygen atoms in total. The minimum Gasteiger partial charge on any atom is -0.494 e. The largest absolute Gasteiger partial charge is 0.494 e. The number of para-hydroxylation sites is 1. The first-order valence-corrected chi connectivity index (χ1v) is 8.14. The molecule has 0 saturated carbocycles. The predicted molar refractivity (Wildman–Crippen MR) is 96.5 cm³/mol. The van der Waals surface area contributed by atoms with Crippen LogP contribution in [0.4, 0.5) is 4.39 Å². The summed E-state index contributed by atoms with van der Waals surface area (Å²) in [7, 11) is 3.30. The highest BCUT2D eigenvalue weighted by Crippen LogP contribution is 2.22. The van der Waals surface area contributed by atoms with Gasteiger partial charge in [-0.15, -0.1) is 0 Å². The van der Waals surface area contributed by atoms with Crippen LogP contribution < -0.4 is 4.74 Å². The lowest BCUT2D eigenvalue weighted by atomic mass is 10.0. The van der Waals surface area contributed by atoms with Crippen LogP contribution in [-0.2, 0) is 6.54 Å². The third kappa shape index (κ3) is 3.42. The van der Waals surface area contributed by atoms with Crippen molar-refractivity contribution in [1.82, 2.24) is 9.88 Å². The minimum absolute atomic E-state index is 0.0360. The average Bonchev–Trinajstić information content (AvgIpc) is 3.04. The van der Waals surface area contributed by atoms with Gasteiger partial charge in [0.15, 0.2) is 17.3 Å². The van der Waals surface area contributed by atoms with Crippen LogP contribution in [0.1, 0.15) is 22.8 Å². The molecule has 0 aliphatic rings. The number of fused-ring (bicyclic) bond motifs is 1. The van der Waals surface area contributed by atoms with E-state index in [2.05, 4.69) is 4.98 Å². The van der Waals surface area contributed by atoms with Crippen molar-refractivity contribution in [2.24, 2.45) is 0 Å². The Hall–Kier alpha value is -2.66. The summed E-state index contributed by atoms with van der Waals surface area (Å²) < 4.78 is 18.8. The quantitative estimate of drug-likeness (QED) is 0.690. The molecule has 130 valence electrons. The smallest absolute Gasteiger partial charge is 0.181 e. The molecule has 1 aromatic heterocycles. The molecule has 0 bridgehead atoms. The van der Waals surface area contributed by atoms with Crippen LogP contribution in [0.5, 0.6) is 5.75 Å². The number of rotatable bonds is 6. The second kappa shape index (κ2) is 7.07. The first-order chi connectivity index (χ1) is 12.0. The number of ether oxygens (including phenoxy) is 1. The van der Waals surface area contributed by atoms with Gasteiger partial charge in [-0.3, -0.25) is 9.69 Å². The molecule has 3 aromatic rings. The Morgan fingerprint density at radius 3 is 2.76 bits per heavy atom. The molecule has 25 heavy (non-hydrogen) atoms. The van der Waals surface area contributed by atoms with Crippen LogP contribution in [-0.4, -0.2) is 35.9 Å². The Morgan fingerprint density at radius 2 is 2.04 bits per heavy atom. The van der Waals surface area contributed by atoms with Gasteiger partial charge in [0.25, 0.3) is 0 Å². The maximum absolute atomic E-state index is 13.8. The zero-order valence-corrected chi connectivity index (χ0v) is 14.5. The lowest BCUT2D eigenvalue weighted by molar-refractivity contribution is 0.0864. The van der Waals surface area contributed by atoms with Gasteiger partial charge in [0, 0.05) is 29.2 Å². The van der Waals surface area contributed by atoms with Gasteiger partial charge in [0.1, 0.15) is 0 Å². The summed E-state index contributed by atoms with van der Waals surface area (Å²) in [5, 5.41) is 0.920. The highest BCUT2D eigenvalue weighted by molar-refractivity contribution is 6.10. The Kier molecular flexibility index (Phi) is 4.86. The number of hydrogen-bond donors (Lipinski definition) is 1. The van der Waals surface area contributed by atoms with Gasteiger partial charge in [-0.05, 0) is 37.7 Å². The van der Waals surface area contributed by atoms with Crippen molar-refractivity contribution in [2.45, 2.75) is 19.5 Å². The number of carbonyl (C=O) groups excluding carboxylic acids is 1. The number of Topliss-reactive ketones (excluding diaryl/α,β-unsaturated/α-hetero) is 1. The van der Waals surface area contributed by atoms with E-state index >= 15 is 0 Å². The molecule has 0 amide bonds. The molecule has 1 heterocycles. The van der Waals surface area contributed by atoms with Crippen LogP contribution in [0, 0.1) is 5.82 Å². The van der Waals surface area contributed by atoms with Crippen LogP contribution >= 0.6 is 0 Å². The second-order valence-corrected chi connectivity index (χ2v) is 6.17. The number of H-pyrrole nitrogens is 1. The van der Waals surface area contributed by atoms with Gasteiger partial charge >= 0.3 is 0 Å². The number of halogens is 1. The van der Waals surface area contributed by atoms with Crippen molar-refractivity contribution < 1.29 is 13.9 Å². The summed E-state index contributed by atoms with van der Waals surface area (Å²) >= 11 is 0. The fraction of sp³-hybridized carbons (Fsp3) is 0.250. The summed E-state index contributed by atoms with van der Waals surface area (Å²) in [4.78, 5) is 17.9. The van der Waals surface area contributed by atoms with Crippen LogP contribution in [0.3, 0.4) is 0 Å². The highest BCUT2D eigenvalue weighted by Gasteiger charge is 2.22. The first-order valence-electron chi connectivity index (χ1n) is 8.14. The lowest BCUT2D eigenvalue weighted by Gasteiger charge is -2.23. The average molecular weight is 340 g/mol. The minimum atomic E-state index is -0.399. The van der Waals surface area contributed by atoms with E-state index in [1.165, 1.54) is 13.2 Å². The maximum atomic E-state index is 13.8. The molecular formula is C20H21FN2O2. The fourth-order valence-electron chi connectivity index (χ4n) is 2.93. The van der Waals surface area contributed by atoms with Crippen LogP contribution in [0.2, 0.25) is 0 Å². The molecule has 1 atom stereocenters. The number of aromatic amines is 1. The van der Waals surface area contributed by atoms with Gasteiger partial charge < -0.3 is 9.72 Å². The fourth-order valence-corrected chi connectivity index (χ4v) is 2.93. The summed E-state index contributed by atoms with van der Waals surface area (Å²) in [6.45, 7) is 2.33. The van der Waals surface area contributed by atoms with Gasteiger partial charge in [-0.2, -0.15) is 0 Å². The molecule has 1 N–H and O–H groups in total. The zero-order valence-electron chi connectivity index (χ0n) is 14.5. The SMILES string of the molecule is COc1ccc(CN(C)[C@H](C)C(=O)c2c[nH]c3ccccc23)cc1F. The monoisotopic (exact) mass is 340 g/mol. The van der Waals surface area contributed by atoms with Crippen molar-refractivity contribution in [3.05, 3.63) is 65.6 Å². The number of aromatic nitrogens is 1. The van der Waals surface area contributed by atoms with Crippen molar-refractivity contribution in [3.63, 3.8) is 0 Å². The number of likely N-dealkylation sites (N-methyl/N-ethyl adjacent to an activating group) is 1. The maximum Gasteiger partial charge on any atom is 0.181 e. The van der Waals surface area contributed by atoms with Gasteiger partial charge in [-0.25, -0.2) is 4.39 Å². The van der Waals surface area contributed by atoms with E-state index in [9.17, 15) is 9.18 Å². The lowest BCUT2D eigenvalue weighted by Crippen LogP contribution is -2.35. The molecule has 0 unspecified atom stereocenters. The van der Waals surface area contributed by atoms with Crippen molar-refractivity contribution in [2.75, 3.05) is 14.2 Å². The third-order valence-electron chi connectivity index (χ3n) is 4.54. The van der Waals surface area contributed by atoms with Crippen LogP contribution in [0.25, 0.3) is 10.9 Å². The summed E-state index contributed by atoms with van der Waals surface area (Å²) in [5.74, 6) is -0.146. The van der Waals surface area contributed by atoms with E-state index in [1.54, 1.807) is 18.3 Å². The van der Waals surface area contributed by atoms with Gasteiger partial charge in [0.2, 0.25) is 0 Å². The van der Waals surface area contributed by atoms with Gasteiger partial charge in [-0.1, -0.05) is 24.3 Å². The normalized spacial score (nSPS) is 12.5. The molecule has 0 fully saturated rings. The standard InChI is InChI=1S/C20H21FN2O2/c1-13(20(24)16-11-22-18-7-5-4-6-15(16)18)23(2)12-14-8-9-19(25-3)17(21)10-14/h4-11,13,22H,12H2,1-3H3/t13-/m1/s1. The highest BCUT2D eigenvalue weighted by atomic mass is 19.1. The molecule has 0 aliphatic carbocycles. The van der Waals surface area contributed by atoms with E-state index in [4.69, 9.17) is 4.74 Å². The van der Waals surface area contributed by atoms with Crippen LogP contribution in [0.15, 0.2) is 48.7 Å². The van der Waals surface area contributed by atoms with Crippen molar-refractivity contribution >= 4 is 16.7 Å². The van der Waals surface area contributed by atoms with Crippen molar-refractivity contribution in [3.8, 4) is 5.75 Å². The molecular weight excluding hydrogens is 319 g/mol. The van der Waals surface area contributed by atoms with E-state index in [0.29, 0.717) is 12.1 Å². The molecule has 2 aromatic carbocycles. The number of nitrogens with zero attached hydrogens (tertiary/aromatic N) is 1. The van der Waals surface area contributed by atoms with E-state index < -0.39 is 5.82 Å². The number of nitrogens with one attached hydrogen (secondary N) is 1. The zero-order chi connectivity index (χ0) is 18.0. The molecule has 0 saturated heterocycles. The van der Waals surface area contributed by atoms with E-state index in [1.807, 2.05) is 43.1 Å². The molecule has 0 radical (unpaired) electrons. The Bertz CT molecular complexity index is 904. The number of benzene rings is 2. The summed E-state index contributed by atoms with van der Waals surface area (Å²) in [6.07, 6.45) is 1.75. The third-order valence-corrected chi connectivity index (χ3v) is 4.54. The molecule has 0 aliphatic heterocycles. The van der Waals surface area contributed by atoms with E-state index in [0.717, 1.165) is 16.5 Å². The summed E-state index contributed by atoms with van der Waals surface area (Å²) in [5.41, 5.74) is 2.41. The molecule has 3 rings (SSSR count). The molecule has 5 heteroatoms. The van der Waals surface area contributed by atoms with E-state index in [-0.39, 0.29) is 17.6 Å². The Labute approximate surface area is 146 Å². The summed E-state index contributed by atoms with van der Waals surface area (Å²) in [6, 6.07) is 12.3. The Morgan fingerprint density at radius 1 is 1.28 bits per heavy atom. The first kappa shape index (κ1) is 17.2.